The predicted molar refractivity (Wildman–Crippen MR) is 64.6 cm³/mol. The van der Waals surface area contributed by atoms with E-state index in [2.05, 4.69) is 4.98 Å². The van der Waals surface area contributed by atoms with Crippen LogP contribution >= 0.6 is 0 Å². The first kappa shape index (κ1) is 11.9. The topological polar surface area (TPSA) is 68.5 Å². The number of ether oxygens (including phenoxy) is 1. The van der Waals surface area contributed by atoms with Gasteiger partial charge in [-0.1, -0.05) is 0 Å². The van der Waals surface area contributed by atoms with Gasteiger partial charge in [0.25, 0.3) is 5.91 Å². The molecule has 2 atom stereocenters. The van der Waals surface area contributed by atoms with Gasteiger partial charge >= 0.3 is 0 Å². The molecule has 0 aromatic carbocycles. The number of anilines is 1. The van der Waals surface area contributed by atoms with E-state index in [9.17, 15) is 4.79 Å². The van der Waals surface area contributed by atoms with Crippen LogP contribution in [-0.4, -0.2) is 41.1 Å². The second-order valence-electron chi connectivity index (χ2n) is 4.44. The number of rotatable bonds is 1. The van der Waals surface area contributed by atoms with Crippen molar-refractivity contribution in [3.8, 4) is 0 Å². The number of pyridine rings is 1. The maximum Gasteiger partial charge on any atom is 0.272 e. The molecule has 0 saturated carbocycles. The summed E-state index contributed by atoms with van der Waals surface area (Å²) in [7, 11) is 0. The minimum absolute atomic E-state index is 0.0590. The van der Waals surface area contributed by atoms with Gasteiger partial charge in [-0.3, -0.25) is 9.78 Å². The van der Waals surface area contributed by atoms with Gasteiger partial charge in [0.05, 0.1) is 12.2 Å². The first-order chi connectivity index (χ1) is 8.06. The molecule has 0 spiro atoms. The molecule has 0 bridgehead atoms. The molecular formula is C12H17N3O2. The summed E-state index contributed by atoms with van der Waals surface area (Å²) in [6.07, 6.45) is 1.67. The maximum absolute atomic E-state index is 12.2. The fraction of sp³-hybridized carbons (Fsp3) is 0.500. The molecule has 5 heteroatoms. The number of aromatic nitrogens is 1. The van der Waals surface area contributed by atoms with E-state index in [1.165, 1.54) is 0 Å². The molecule has 1 fully saturated rings. The van der Waals surface area contributed by atoms with Crippen molar-refractivity contribution in [1.29, 1.82) is 0 Å². The monoisotopic (exact) mass is 235 g/mol. The molecule has 2 heterocycles. The summed E-state index contributed by atoms with van der Waals surface area (Å²) >= 11 is 0. The fourth-order valence-electron chi connectivity index (χ4n) is 2.07. The lowest BCUT2D eigenvalue weighted by Crippen LogP contribution is -2.48. The quantitative estimate of drug-likeness (QED) is 0.785. The molecular weight excluding hydrogens is 218 g/mol. The van der Waals surface area contributed by atoms with E-state index in [0.29, 0.717) is 24.5 Å². The van der Waals surface area contributed by atoms with Crippen LogP contribution in [0.15, 0.2) is 18.3 Å². The third kappa shape index (κ3) is 2.74. The highest BCUT2D eigenvalue weighted by Crippen LogP contribution is 2.14. The molecule has 0 aliphatic carbocycles. The summed E-state index contributed by atoms with van der Waals surface area (Å²) < 4.78 is 5.59. The second-order valence-corrected chi connectivity index (χ2v) is 4.44. The number of nitrogens with two attached hydrogens (primary N) is 1. The van der Waals surface area contributed by atoms with Crippen molar-refractivity contribution < 1.29 is 9.53 Å². The molecule has 0 radical (unpaired) electrons. The summed E-state index contributed by atoms with van der Waals surface area (Å²) in [6.45, 7) is 5.12. The highest BCUT2D eigenvalue weighted by atomic mass is 16.5. The first-order valence-electron chi connectivity index (χ1n) is 5.72. The Morgan fingerprint density at radius 3 is 2.71 bits per heavy atom. The Hall–Kier alpha value is -1.62. The highest BCUT2D eigenvalue weighted by Gasteiger charge is 2.27. The lowest BCUT2D eigenvalue weighted by Gasteiger charge is -2.35. The van der Waals surface area contributed by atoms with Gasteiger partial charge in [-0.2, -0.15) is 0 Å². The normalized spacial score (nSPS) is 24.7. The predicted octanol–water partition coefficient (Wildman–Crippen LogP) is 0.913. The van der Waals surface area contributed by atoms with E-state index in [-0.39, 0.29) is 18.1 Å². The molecule has 5 nitrogen and oxygen atoms in total. The Labute approximate surface area is 101 Å². The number of carbonyl (C=O) groups excluding carboxylic acids is 1. The Kier molecular flexibility index (Phi) is 3.28. The Bertz CT molecular complexity index is 412. The van der Waals surface area contributed by atoms with Gasteiger partial charge in [0.2, 0.25) is 0 Å². The van der Waals surface area contributed by atoms with Crippen LogP contribution < -0.4 is 5.73 Å². The molecule has 1 aromatic rings. The first-order valence-corrected chi connectivity index (χ1v) is 5.72. The van der Waals surface area contributed by atoms with Gasteiger partial charge in [0, 0.05) is 25.0 Å². The molecule has 17 heavy (non-hydrogen) atoms. The van der Waals surface area contributed by atoms with Crippen molar-refractivity contribution in [3.05, 3.63) is 24.0 Å². The fourth-order valence-corrected chi connectivity index (χ4v) is 2.07. The van der Waals surface area contributed by atoms with E-state index < -0.39 is 0 Å². The summed E-state index contributed by atoms with van der Waals surface area (Å²) in [5.74, 6) is -0.0840. The van der Waals surface area contributed by atoms with Crippen molar-refractivity contribution in [2.24, 2.45) is 0 Å². The molecule has 1 aromatic heterocycles. The summed E-state index contributed by atoms with van der Waals surface area (Å²) in [4.78, 5) is 18.0. The van der Waals surface area contributed by atoms with Crippen molar-refractivity contribution in [3.63, 3.8) is 0 Å². The smallest absolute Gasteiger partial charge is 0.272 e. The zero-order valence-corrected chi connectivity index (χ0v) is 10.1. The third-order valence-corrected chi connectivity index (χ3v) is 2.71. The van der Waals surface area contributed by atoms with E-state index in [0.717, 1.165) is 0 Å². The second kappa shape index (κ2) is 4.71. The summed E-state index contributed by atoms with van der Waals surface area (Å²) in [5, 5.41) is 0. The van der Waals surface area contributed by atoms with Gasteiger partial charge < -0.3 is 15.4 Å². The van der Waals surface area contributed by atoms with Crippen LogP contribution in [0.4, 0.5) is 5.69 Å². The van der Waals surface area contributed by atoms with Gasteiger partial charge in [0.15, 0.2) is 0 Å². The van der Waals surface area contributed by atoms with Crippen LogP contribution in [0.5, 0.6) is 0 Å². The number of nitrogen functional groups attached to an aromatic ring is 1. The lowest BCUT2D eigenvalue weighted by molar-refractivity contribution is -0.0587. The number of carbonyl (C=O) groups is 1. The SMILES string of the molecule is C[C@@H]1CN(C(=O)c2cc(N)ccn2)C[C@H](C)O1. The van der Waals surface area contributed by atoms with Crippen molar-refractivity contribution in [2.75, 3.05) is 18.8 Å². The van der Waals surface area contributed by atoms with Crippen LogP contribution in [0.1, 0.15) is 24.3 Å². The molecule has 0 unspecified atom stereocenters. The molecule has 2 N–H and O–H groups in total. The zero-order chi connectivity index (χ0) is 12.4. The van der Waals surface area contributed by atoms with Gasteiger partial charge in [-0.25, -0.2) is 0 Å². The molecule has 92 valence electrons. The Morgan fingerprint density at radius 1 is 1.47 bits per heavy atom. The number of amides is 1. The molecule has 1 aliphatic rings. The van der Waals surface area contributed by atoms with Crippen molar-refractivity contribution in [1.82, 2.24) is 9.88 Å². The van der Waals surface area contributed by atoms with Crippen LogP contribution in [-0.2, 0) is 4.74 Å². The summed E-state index contributed by atoms with van der Waals surface area (Å²) in [5.41, 5.74) is 6.59. The number of morpholine rings is 1. The molecule has 1 amide bonds. The average Bonchev–Trinajstić information content (AvgIpc) is 2.26. The molecule has 1 saturated heterocycles. The van der Waals surface area contributed by atoms with Crippen LogP contribution in [0.25, 0.3) is 0 Å². The summed E-state index contributed by atoms with van der Waals surface area (Å²) in [6, 6.07) is 3.27. The minimum Gasteiger partial charge on any atom is -0.399 e. The number of hydrogen-bond acceptors (Lipinski definition) is 4. The standard InChI is InChI=1S/C12H17N3O2/c1-8-6-15(7-9(2)17-8)12(16)11-5-10(13)3-4-14-11/h3-5,8-9H,6-7H2,1-2H3,(H2,13,14)/t8-,9+. The van der Waals surface area contributed by atoms with Gasteiger partial charge in [-0.15, -0.1) is 0 Å². The average molecular weight is 235 g/mol. The van der Waals surface area contributed by atoms with E-state index in [1.54, 1.807) is 23.2 Å². The number of hydrogen-bond donors (Lipinski definition) is 1. The maximum atomic E-state index is 12.2. The Morgan fingerprint density at radius 2 is 2.12 bits per heavy atom. The highest BCUT2D eigenvalue weighted by molar-refractivity contribution is 5.93. The molecule has 1 aliphatic heterocycles. The largest absolute Gasteiger partial charge is 0.399 e. The van der Waals surface area contributed by atoms with Crippen LogP contribution in [0.3, 0.4) is 0 Å². The van der Waals surface area contributed by atoms with Gasteiger partial charge in [-0.05, 0) is 26.0 Å². The lowest BCUT2D eigenvalue weighted by atomic mass is 10.2. The van der Waals surface area contributed by atoms with E-state index in [4.69, 9.17) is 10.5 Å². The Balaban J connectivity index is 2.14. The van der Waals surface area contributed by atoms with E-state index in [1.807, 2.05) is 13.8 Å². The zero-order valence-electron chi connectivity index (χ0n) is 10.1. The van der Waals surface area contributed by atoms with Crippen molar-refractivity contribution >= 4 is 11.6 Å². The number of nitrogens with zero attached hydrogens (tertiary/aromatic N) is 2. The van der Waals surface area contributed by atoms with Crippen LogP contribution in [0, 0.1) is 0 Å². The minimum atomic E-state index is -0.0840. The van der Waals surface area contributed by atoms with Crippen molar-refractivity contribution in [2.45, 2.75) is 26.1 Å². The molecule has 2 rings (SSSR count). The van der Waals surface area contributed by atoms with E-state index >= 15 is 0 Å². The third-order valence-electron chi connectivity index (χ3n) is 2.71. The van der Waals surface area contributed by atoms with Gasteiger partial charge in [0.1, 0.15) is 5.69 Å². The van der Waals surface area contributed by atoms with Crippen LogP contribution in [0.2, 0.25) is 0 Å².